The molecule has 1 heterocycles. The van der Waals surface area contributed by atoms with E-state index in [0.29, 0.717) is 11.3 Å². The molecule has 0 saturated heterocycles. The van der Waals surface area contributed by atoms with Gasteiger partial charge in [0, 0.05) is 10.6 Å². The lowest BCUT2D eigenvalue weighted by atomic mass is 10.2. The van der Waals surface area contributed by atoms with Gasteiger partial charge >= 0.3 is 5.97 Å². The number of carbonyl (C=O) groups is 1. The minimum atomic E-state index is -0.885. The number of thioether (sulfide) groups is 1. The third kappa shape index (κ3) is 3.23. The van der Waals surface area contributed by atoms with Crippen LogP contribution in [0.15, 0.2) is 11.0 Å². The molecule has 0 unspecified atom stereocenters. The Labute approximate surface area is 100 Å². The van der Waals surface area contributed by atoms with Gasteiger partial charge in [0.15, 0.2) is 0 Å². The molecule has 0 atom stereocenters. The van der Waals surface area contributed by atoms with Crippen molar-refractivity contribution < 1.29 is 9.90 Å². The topological polar surface area (TPSA) is 50.2 Å². The highest BCUT2D eigenvalue weighted by molar-refractivity contribution is 7.99. The minimum absolute atomic E-state index is 0.353. The van der Waals surface area contributed by atoms with Gasteiger partial charge in [0.05, 0.1) is 11.3 Å². The van der Waals surface area contributed by atoms with Gasteiger partial charge in [0.25, 0.3) is 0 Å². The van der Waals surface area contributed by atoms with Crippen LogP contribution >= 0.6 is 11.8 Å². The maximum Gasteiger partial charge on any atom is 0.338 e. The molecule has 0 spiro atoms. The zero-order valence-corrected chi connectivity index (χ0v) is 10.7. The second kappa shape index (κ2) is 5.89. The Morgan fingerprint density at radius 1 is 1.50 bits per heavy atom. The third-order valence-electron chi connectivity index (χ3n) is 2.26. The molecule has 0 bridgehead atoms. The van der Waals surface area contributed by atoms with E-state index >= 15 is 0 Å². The van der Waals surface area contributed by atoms with E-state index in [1.165, 1.54) is 0 Å². The van der Waals surface area contributed by atoms with E-state index in [9.17, 15) is 4.79 Å². The summed E-state index contributed by atoms with van der Waals surface area (Å²) < 4.78 is 0. The normalized spacial score (nSPS) is 10.4. The summed E-state index contributed by atoms with van der Waals surface area (Å²) in [4.78, 5) is 16.2. The van der Waals surface area contributed by atoms with Crippen LogP contribution in [-0.2, 0) is 0 Å². The summed E-state index contributed by atoms with van der Waals surface area (Å²) in [7, 11) is 0. The summed E-state index contributed by atoms with van der Waals surface area (Å²) in [6, 6.07) is 1.86. The van der Waals surface area contributed by atoms with E-state index in [1.807, 2.05) is 13.0 Å². The fourth-order valence-electron chi connectivity index (χ4n) is 1.49. The number of unbranched alkanes of at least 4 members (excludes halogenated alkanes) is 1. The van der Waals surface area contributed by atoms with Gasteiger partial charge in [-0.15, -0.1) is 11.8 Å². The highest BCUT2D eigenvalue weighted by Gasteiger charge is 2.15. The van der Waals surface area contributed by atoms with Crippen molar-refractivity contribution in [1.82, 2.24) is 4.98 Å². The zero-order valence-electron chi connectivity index (χ0n) is 9.91. The van der Waals surface area contributed by atoms with Gasteiger partial charge in [-0.25, -0.2) is 4.79 Å². The van der Waals surface area contributed by atoms with Crippen molar-refractivity contribution in [2.45, 2.75) is 38.5 Å². The molecule has 1 aromatic rings. The largest absolute Gasteiger partial charge is 0.478 e. The van der Waals surface area contributed by atoms with Gasteiger partial charge in [-0.2, -0.15) is 0 Å². The van der Waals surface area contributed by atoms with E-state index in [4.69, 9.17) is 5.11 Å². The summed E-state index contributed by atoms with van der Waals surface area (Å²) in [5, 5.41) is 9.14. The number of aromatic nitrogens is 1. The average Bonchev–Trinajstić information content (AvgIpc) is 2.16. The first-order chi connectivity index (χ1) is 7.56. The van der Waals surface area contributed by atoms with E-state index in [1.54, 1.807) is 18.7 Å². The van der Waals surface area contributed by atoms with Crippen molar-refractivity contribution >= 4 is 17.7 Å². The molecule has 0 aromatic carbocycles. The molecule has 3 nitrogen and oxygen atoms in total. The van der Waals surface area contributed by atoms with Crippen LogP contribution in [0, 0.1) is 13.8 Å². The van der Waals surface area contributed by atoms with E-state index in [0.717, 1.165) is 29.2 Å². The highest BCUT2D eigenvalue weighted by atomic mass is 32.2. The summed E-state index contributed by atoms with van der Waals surface area (Å²) in [6.07, 6.45) is 2.22. The predicted molar refractivity (Wildman–Crippen MR) is 66.3 cm³/mol. The Kier molecular flexibility index (Phi) is 4.80. The molecule has 88 valence electrons. The predicted octanol–water partition coefficient (Wildman–Crippen LogP) is 3.29. The molecule has 1 N–H and O–H groups in total. The van der Waals surface area contributed by atoms with Crippen LogP contribution in [0.3, 0.4) is 0 Å². The first-order valence-electron chi connectivity index (χ1n) is 5.40. The van der Waals surface area contributed by atoms with E-state index < -0.39 is 5.97 Å². The van der Waals surface area contributed by atoms with Crippen LogP contribution < -0.4 is 0 Å². The molecule has 0 aliphatic heterocycles. The van der Waals surface area contributed by atoms with Gasteiger partial charge < -0.3 is 5.11 Å². The molecular weight excluding hydrogens is 222 g/mol. The van der Waals surface area contributed by atoms with Crippen LogP contribution in [-0.4, -0.2) is 21.8 Å². The zero-order chi connectivity index (χ0) is 12.1. The number of aromatic carboxylic acids is 1. The number of pyridine rings is 1. The maximum absolute atomic E-state index is 11.1. The second-order valence-corrected chi connectivity index (χ2v) is 4.87. The van der Waals surface area contributed by atoms with Crippen molar-refractivity contribution in [3.05, 3.63) is 23.0 Å². The highest BCUT2D eigenvalue weighted by Crippen LogP contribution is 2.26. The van der Waals surface area contributed by atoms with Crippen LogP contribution in [0.2, 0.25) is 0 Å². The third-order valence-corrected chi connectivity index (χ3v) is 3.39. The molecule has 0 fully saturated rings. The lowest BCUT2D eigenvalue weighted by molar-refractivity contribution is 0.0691. The quantitative estimate of drug-likeness (QED) is 0.632. The first kappa shape index (κ1) is 13.0. The van der Waals surface area contributed by atoms with Gasteiger partial charge in [0.2, 0.25) is 0 Å². The Balaban J connectivity index is 2.99. The van der Waals surface area contributed by atoms with Crippen molar-refractivity contribution in [2.75, 3.05) is 5.75 Å². The Morgan fingerprint density at radius 3 is 2.75 bits per heavy atom. The molecule has 1 rings (SSSR count). The van der Waals surface area contributed by atoms with Gasteiger partial charge in [0.1, 0.15) is 0 Å². The smallest absolute Gasteiger partial charge is 0.338 e. The summed E-state index contributed by atoms with van der Waals surface area (Å²) in [6.45, 7) is 5.77. The Bertz CT molecular complexity index is 391. The first-order valence-corrected chi connectivity index (χ1v) is 6.39. The molecule has 4 heteroatoms. The molecule has 0 aliphatic carbocycles. The number of aryl methyl sites for hydroxylation is 2. The molecular formula is C12H17NO2S. The van der Waals surface area contributed by atoms with Crippen molar-refractivity contribution in [1.29, 1.82) is 0 Å². The number of hydrogen-bond donors (Lipinski definition) is 1. The SMILES string of the molecule is CCCCSc1cc(C)nc(C)c1C(=O)O. The average molecular weight is 239 g/mol. The second-order valence-electron chi connectivity index (χ2n) is 3.73. The molecule has 0 saturated carbocycles. The summed E-state index contributed by atoms with van der Waals surface area (Å²) in [5.74, 6) is 0.0728. The lowest BCUT2D eigenvalue weighted by Crippen LogP contribution is -2.05. The Hall–Kier alpha value is -1.03. The van der Waals surface area contributed by atoms with Gasteiger partial charge in [-0.3, -0.25) is 4.98 Å². The fourth-order valence-corrected chi connectivity index (χ4v) is 2.78. The van der Waals surface area contributed by atoms with Crippen molar-refractivity contribution in [3.8, 4) is 0 Å². The molecule has 16 heavy (non-hydrogen) atoms. The lowest BCUT2D eigenvalue weighted by Gasteiger charge is -2.09. The number of carboxylic acids is 1. The molecule has 1 aromatic heterocycles. The standard InChI is InChI=1S/C12H17NO2S/c1-4-5-6-16-10-7-8(2)13-9(3)11(10)12(14)15/h7H,4-6H2,1-3H3,(H,14,15). The van der Waals surface area contributed by atoms with Crippen LogP contribution in [0.25, 0.3) is 0 Å². The van der Waals surface area contributed by atoms with Crippen LogP contribution in [0.4, 0.5) is 0 Å². The summed E-state index contributed by atoms with van der Waals surface area (Å²) >= 11 is 1.61. The maximum atomic E-state index is 11.1. The number of rotatable bonds is 5. The van der Waals surface area contributed by atoms with Gasteiger partial charge in [-0.1, -0.05) is 13.3 Å². The van der Waals surface area contributed by atoms with Crippen LogP contribution in [0.1, 0.15) is 41.5 Å². The van der Waals surface area contributed by atoms with Gasteiger partial charge in [-0.05, 0) is 32.1 Å². The summed E-state index contributed by atoms with van der Waals surface area (Å²) in [5.41, 5.74) is 1.83. The number of carboxylic acid groups (broad SMARTS) is 1. The molecule has 0 radical (unpaired) electrons. The number of hydrogen-bond acceptors (Lipinski definition) is 3. The monoisotopic (exact) mass is 239 g/mol. The Morgan fingerprint density at radius 2 is 2.19 bits per heavy atom. The number of nitrogens with zero attached hydrogens (tertiary/aromatic N) is 1. The van der Waals surface area contributed by atoms with Crippen LogP contribution in [0.5, 0.6) is 0 Å². The van der Waals surface area contributed by atoms with E-state index in [-0.39, 0.29) is 0 Å². The van der Waals surface area contributed by atoms with Crippen molar-refractivity contribution in [3.63, 3.8) is 0 Å². The van der Waals surface area contributed by atoms with Crippen molar-refractivity contribution in [2.24, 2.45) is 0 Å². The molecule has 0 aliphatic rings. The van der Waals surface area contributed by atoms with E-state index in [2.05, 4.69) is 11.9 Å². The molecule has 0 amide bonds. The fraction of sp³-hybridized carbons (Fsp3) is 0.500. The minimum Gasteiger partial charge on any atom is -0.478 e.